The molecule has 0 aliphatic carbocycles. The van der Waals surface area contributed by atoms with Crippen LogP contribution in [0.15, 0.2) is 72.8 Å². The largest absolute Gasteiger partial charge is 0.497 e. The monoisotopic (exact) mass is 380 g/mol. The molecule has 3 aromatic rings. The fourth-order valence-corrected chi connectivity index (χ4v) is 2.55. The zero-order chi connectivity index (χ0) is 19.2. The minimum Gasteiger partial charge on any atom is -0.497 e. The van der Waals surface area contributed by atoms with Gasteiger partial charge in [-0.05, 0) is 66.7 Å². The Morgan fingerprint density at radius 1 is 0.778 bits per heavy atom. The zero-order valence-corrected chi connectivity index (χ0v) is 15.3. The predicted molar refractivity (Wildman–Crippen MR) is 107 cm³/mol. The van der Waals surface area contributed by atoms with Gasteiger partial charge in [-0.15, -0.1) is 0 Å². The molecule has 0 aromatic heterocycles. The van der Waals surface area contributed by atoms with Crippen molar-refractivity contribution in [3.63, 3.8) is 0 Å². The van der Waals surface area contributed by atoms with E-state index in [-0.39, 0.29) is 11.8 Å². The highest BCUT2D eigenvalue weighted by Crippen LogP contribution is 2.18. The van der Waals surface area contributed by atoms with Crippen LogP contribution in [0.2, 0.25) is 5.02 Å². The van der Waals surface area contributed by atoms with E-state index in [0.29, 0.717) is 33.3 Å². The Bertz CT molecular complexity index is 954. The molecule has 0 radical (unpaired) electrons. The Kier molecular flexibility index (Phi) is 5.74. The molecule has 0 heterocycles. The summed E-state index contributed by atoms with van der Waals surface area (Å²) in [5.74, 6) is 0.155. The third-order valence-corrected chi connectivity index (χ3v) is 4.09. The molecule has 0 spiro atoms. The number of hydrogen-bond acceptors (Lipinski definition) is 3. The van der Waals surface area contributed by atoms with Gasteiger partial charge in [-0.2, -0.15) is 0 Å². The Morgan fingerprint density at radius 2 is 1.41 bits per heavy atom. The second-order valence-electron chi connectivity index (χ2n) is 5.72. The summed E-state index contributed by atoms with van der Waals surface area (Å²) >= 11 is 5.83. The predicted octanol–water partition coefficient (Wildman–Crippen LogP) is 4.85. The summed E-state index contributed by atoms with van der Waals surface area (Å²) in [6.45, 7) is 0. The molecule has 0 aliphatic rings. The smallest absolute Gasteiger partial charge is 0.255 e. The summed E-state index contributed by atoms with van der Waals surface area (Å²) in [5, 5.41) is 6.14. The van der Waals surface area contributed by atoms with E-state index in [1.165, 1.54) is 0 Å². The number of carbonyl (C=O) groups excluding carboxylic acids is 2. The maximum absolute atomic E-state index is 12.4. The van der Waals surface area contributed by atoms with E-state index < -0.39 is 0 Å². The van der Waals surface area contributed by atoms with Crippen molar-refractivity contribution in [1.29, 1.82) is 0 Å². The van der Waals surface area contributed by atoms with Gasteiger partial charge in [-0.1, -0.05) is 17.7 Å². The van der Waals surface area contributed by atoms with E-state index in [0.717, 1.165) is 0 Å². The van der Waals surface area contributed by atoms with Gasteiger partial charge in [0.15, 0.2) is 0 Å². The lowest BCUT2D eigenvalue weighted by Gasteiger charge is -2.09. The molecule has 0 fully saturated rings. The van der Waals surface area contributed by atoms with Crippen LogP contribution in [0.4, 0.5) is 11.4 Å². The first-order chi connectivity index (χ1) is 13.0. The molecule has 5 nitrogen and oxygen atoms in total. The molecule has 3 aromatic carbocycles. The highest BCUT2D eigenvalue weighted by molar-refractivity contribution is 6.30. The van der Waals surface area contributed by atoms with Gasteiger partial charge in [-0.3, -0.25) is 9.59 Å². The molecule has 0 aliphatic heterocycles. The molecule has 27 heavy (non-hydrogen) atoms. The molecule has 6 heteroatoms. The van der Waals surface area contributed by atoms with E-state index in [4.69, 9.17) is 16.3 Å². The Hall–Kier alpha value is -3.31. The maximum Gasteiger partial charge on any atom is 0.255 e. The SMILES string of the molecule is COc1ccc(NC(=O)c2cccc(NC(=O)c3ccc(Cl)cc3)c2)cc1. The highest BCUT2D eigenvalue weighted by atomic mass is 35.5. The van der Waals surface area contributed by atoms with Crippen molar-refractivity contribution < 1.29 is 14.3 Å². The Morgan fingerprint density at radius 3 is 2.07 bits per heavy atom. The van der Waals surface area contributed by atoms with Gasteiger partial charge in [0.1, 0.15) is 5.75 Å². The summed E-state index contributed by atoms with van der Waals surface area (Å²) in [7, 11) is 1.58. The quantitative estimate of drug-likeness (QED) is 0.664. The lowest BCUT2D eigenvalue weighted by Crippen LogP contribution is -2.14. The van der Waals surface area contributed by atoms with Gasteiger partial charge in [-0.25, -0.2) is 0 Å². The van der Waals surface area contributed by atoms with Gasteiger partial charge < -0.3 is 15.4 Å². The fourth-order valence-electron chi connectivity index (χ4n) is 2.42. The Labute approximate surface area is 161 Å². The second kappa shape index (κ2) is 8.38. The number of methoxy groups -OCH3 is 1. The third kappa shape index (κ3) is 4.86. The van der Waals surface area contributed by atoms with Crippen LogP contribution in [0.1, 0.15) is 20.7 Å². The minimum absolute atomic E-state index is 0.275. The van der Waals surface area contributed by atoms with Crippen LogP contribution in [0.5, 0.6) is 5.75 Å². The van der Waals surface area contributed by atoms with Crippen LogP contribution in [-0.2, 0) is 0 Å². The maximum atomic E-state index is 12.4. The minimum atomic E-state index is -0.278. The van der Waals surface area contributed by atoms with Crippen LogP contribution in [0.25, 0.3) is 0 Å². The van der Waals surface area contributed by atoms with Gasteiger partial charge in [0, 0.05) is 27.5 Å². The number of benzene rings is 3. The molecule has 136 valence electrons. The summed E-state index contributed by atoms with van der Waals surface area (Å²) in [6, 6.07) is 20.3. The molecular weight excluding hydrogens is 364 g/mol. The van der Waals surface area contributed by atoms with Crippen molar-refractivity contribution >= 4 is 34.8 Å². The number of ether oxygens (including phenoxy) is 1. The normalized spacial score (nSPS) is 10.1. The average Bonchev–Trinajstić information content (AvgIpc) is 2.69. The number of hydrogen-bond donors (Lipinski definition) is 2. The molecule has 3 rings (SSSR count). The number of nitrogens with one attached hydrogen (secondary N) is 2. The van der Waals surface area contributed by atoms with Gasteiger partial charge in [0.2, 0.25) is 0 Å². The van der Waals surface area contributed by atoms with Gasteiger partial charge >= 0.3 is 0 Å². The highest BCUT2D eigenvalue weighted by Gasteiger charge is 2.10. The van der Waals surface area contributed by atoms with Crippen LogP contribution in [0, 0.1) is 0 Å². The van der Waals surface area contributed by atoms with Crippen LogP contribution in [0.3, 0.4) is 0 Å². The van der Waals surface area contributed by atoms with Crippen molar-refractivity contribution in [1.82, 2.24) is 0 Å². The van der Waals surface area contributed by atoms with Crippen LogP contribution in [-0.4, -0.2) is 18.9 Å². The first kappa shape index (κ1) is 18.5. The van der Waals surface area contributed by atoms with E-state index in [2.05, 4.69) is 10.6 Å². The van der Waals surface area contributed by atoms with E-state index in [1.807, 2.05) is 0 Å². The van der Waals surface area contributed by atoms with E-state index >= 15 is 0 Å². The molecular formula is C21H17ClN2O3. The molecule has 0 saturated heterocycles. The number of rotatable bonds is 5. The standard InChI is InChI=1S/C21H17ClN2O3/c1-27-19-11-9-17(10-12-19)23-21(26)15-3-2-4-18(13-15)24-20(25)14-5-7-16(22)8-6-14/h2-13H,1H3,(H,23,26)(H,24,25). The molecule has 2 amide bonds. The Balaban J connectivity index is 1.69. The lowest BCUT2D eigenvalue weighted by molar-refractivity contribution is 0.101. The van der Waals surface area contributed by atoms with Crippen molar-refractivity contribution in [2.45, 2.75) is 0 Å². The molecule has 0 atom stereocenters. The third-order valence-electron chi connectivity index (χ3n) is 3.84. The number of halogens is 1. The number of amides is 2. The van der Waals surface area contributed by atoms with Crippen LogP contribution < -0.4 is 15.4 Å². The summed E-state index contributed by atoms with van der Waals surface area (Å²) in [5.41, 5.74) is 2.08. The van der Waals surface area contributed by atoms with Gasteiger partial charge in [0.05, 0.1) is 7.11 Å². The second-order valence-corrected chi connectivity index (χ2v) is 6.16. The summed E-state index contributed by atoms with van der Waals surface area (Å²) in [4.78, 5) is 24.7. The average molecular weight is 381 g/mol. The topological polar surface area (TPSA) is 67.4 Å². The molecule has 0 saturated carbocycles. The number of carbonyl (C=O) groups is 2. The fraction of sp³-hybridized carbons (Fsp3) is 0.0476. The molecule has 2 N–H and O–H groups in total. The van der Waals surface area contributed by atoms with Gasteiger partial charge in [0.25, 0.3) is 11.8 Å². The molecule has 0 unspecified atom stereocenters. The van der Waals surface area contributed by atoms with Crippen molar-refractivity contribution in [3.05, 3.63) is 88.9 Å². The van der Waals surface area contributed by atoms with E-state index in [1.54, 1.807) is 79.9 Å². The lowest BCUT2D eigenvalue weighted by atomic mass is 10.1. The summed E-state index contributed by atoms with van der Waals surface area (Å²) in [6.07, 6.45) is 0. The molecule has 0 bridgehead atoms. The number of anilines is 2. The van der Waals surface area contributed by atoms with Crippen molar-refractivity contribution in [2.24, 2.45) is 0 Å². The zero-order valence-electron chi connectivity index (χ0n) is 14.5. The van der Waals surface area contributed by atoms with E-state index in [9.17, 15) is 9.59 Å². The first-order valence-electron chi connectivity index (χ1n) is 8.17. The summed E-state index contributed by atoms with van der Waals surface area (Å²) < 4.78 is 5.09. The van der Waals surface area contributed by atoms with Crippen LogP contribution >= 0.6 is 11.6 Å². The van der Waals surface area contributed by atoms with Crippen molar-refractivity contribution in [2.75, 3.05) is 17.7 Å². The first-order valence-corrected chi connectivity index (χ1v) is 8.55. The van der Waals surface area contributed by atoms with Crippen molar-refractivity contribution in [3.8, 4) is 5.75 Å².